The van der Waals surface area contributed by atoms with Crippen molar-refractivity contribution >= 4 is 48.2 Å². The first kappa shape index (κ1) is 30.9. The van der Waals surface area contributed by atoms with Gasteiger partial charge in [-0.15, -0.1) is 0 Å². The average molecular weight is 505 g/mol. The number of rotatable bonds is 16. The molecule has 0 spiro atoms. The molecule has 4 amide bonds. The number of hydrogen-bond donors (Lipinski definition) is 9. The summed E-state index contributed by atoms with van der Waals surface area (Å²) in [6, 6.07) is -4.56. The lowest BCUT2D eigenvalue weighted by atomic mass is 10.0. The molecule has 14 nitrogen and oxygen atoms in total. The summed E-state index contributed by atoms with van der Waals surface area (Å²) in [5.41, 5.74) is 21.5. The van der Waals surface area contributed by atoms with Gasteiger partial charge in [-0.1, -0.05) is 13.8 Å². The van der Waals surface area contributed by atoms with Crippen LogP contribution in [-0.2, 0) is 24.0 Å². The number of nitrogens with two attached hydrogens (primary N) is 4. The number of primary amides is 1. The zero-order valence-electron chi connectivity index (χ0n) is 19.3. The van der Waals surface area contributed by atoms with Crippen molar-refractivity contribution in [3.05, 3.63) is 0 Å². The van der Waals surface area contributed by atoms with E-state index in [0.717, 1.165) is 0 Å². The van der Waals surface area contributed by atoms with Crippen LogP contribution in [0.15, 0.2) is 4.99 Å². The molecule has 0 saturated carbocycles. The number of aliphatic carboxylic acids is 1. The van der Waals surface area contributed by atoms with Crippen LogP contribution >= 0.6 is 12.6 Å². The highest BCUT2D eigenvalue weighted by atomic mass is 32.1. The summed E-state index contributed by atoms with van der Waals surface area (Å²) < 4.78 is 0. The standard InChI is InChI=1S/C19H36N8O6S/c1-9(2)14(17(31)26-12(8-34)18(32)33)27-16(30)11(5-6-13(21)28)25-15(29)10(20)4-3-7-24-19(22)23/h9-12,14,34H,3-8,20H2,1-2H3,(H2,21,28)(H,25,29)(H,26,31)(H,27,30)(H,32,33)(H4,22,23,24). The minimum absolute atomic E-state index is 0.0889. The summed E-state index contributed by atoms with van der Waals surface area (Å²) in [6.07, 6.45) is 0.298. The Hall–Kier alpha value is -3.07. The molecule has 12 N–H and O–H groups in total. The van der Waals surface area contributed by atoms with Gasteiger partial charge in [-0.25, -0.2) is 4.79 Å². The third-order valence-electron chi connectivity index (χ3n) is 4.66. The Kier molecular flexibility index (Phi) is 14.3. The van der Waals surface area contributed by atoms with Gasteiger partial charge in [0.25, 0.3) is 0 Å². The summed E-state index contributed by atoms with van der Waals surface area (Å²) in [4.78, 5) is 64.1. The number of amides is 4. The SMILES string of the molecule is CC(C)C(NC(=O)C(CCC(N)=O)NC(=O)C(N)CCCN=C(N)N)C(=O)NC(CS)C(=O)O. The van der Waals surface area contributed by atoms with Crippen molar-refractivity contribution in [1.82, 2.24) is 16.0 Å². The van der Waals surface area contributed by atoms with Gasteiger partial charge in [-0.2, -0.15) is 12.6 Å². The molecule has 34 heavy (non-hydrogen) atoms. The summed E-state index contributed by atoms with van der Waals surface area (Å²) in [5.74, 6) is -4.78. The average Bonchev–Trinajstić information content (AvgIpc) is 2.74. The molecular weight excluding hydrogens is 468 g/mol. The van der Waals surface area contributed by atoms with Gasteiger partial charge >= 0.3 is 5.97 Å². The van der Waals surface area contributed by atoms with Gasteiger partial charge < -0.3 is 44.0 Å². The van der Waals surface area contributed by atoms with E-state index in [2.05, 4.69) is 33.6 Å². The number of nitrogens with one attached hydrogen (secondary N) is 3. The number of carboxylic acid groups (broad SMARTS) is 1. The minimum Gasteiger partial charge on any atom is -0.480 e. The van der Waals surface area contributed by atoms with Gasteiger partial charge in [0.05, 0.1) is 6.04 Å². The lowest BCUT2D eigenvalue weighted by Gasteiger charge is -2.26. The van der Waals surface area contributed by atoms with Crippen LogP contribution in [0.5, 0.6) is 0 Å². The monoisotopic (exact) mass is 504 g/mol. The van der Waals surface area contributed by atoms with Crippen LogP contribution in [0.3, 0.4) is 0 Å². The molecule has 0 aliphatic rings. The maximum absolute atomic E-state index is 12.9. The molecule has 0 aromatic heterocycles. The Balaban J connectivity index is 5.31. The first-order valence-electron chi connectivity index (χ1n) is 10.6. The predicted molar refractivity (Wildman–Crippen MR) is 128 cm³/mol. The molecule has 4 unspecified atom stereocenters. The van der Waals surface area contributed by atoms with E-state index in [1.807, 2.05) is 0 Å². The summed E-state index contributed by atoms with van der Waals surface area (Å²) in [6.45, 7) is 3.55. The highest BCUT2D eigenvalue weighted by Gasteiger charge is 2.31. The van der Waals surface area contributed by atoms with Crippen LogP contribution in [0.4, 0.5) is 0 Å². The lowest BCUT2D eigenvalue weighted by Crippen LogP contribution is -2.58. The van der Waals surface area contributed by atoms with E-state index in [1.54, 1.807) is 13.8 Å². The summed E-state index contributed by atoms with van der Waals surface area (Å²) in [7, 11) is 0. The number of carboxylic acids is 1. The number of carbonyl (C=O) groups excluding carboxylic acids is 4. The second-order valence-corrected chi connectivity index (χ2v) is 8.30. The van der Waals surface area contributed by atoms with Crippen LogP contribution in [0.25, 0.3) is 0 Å². The van der Waals surface area contributed by atoms with Crippen molar-refractivity contribution in [3.63, 3.8) is 0 Å². The van der Waals surface area contributed by atoms with Crippen molar-refractivity contribution < 1.29 is 29.1 Å². The normalized spacial score (nSPS) is 14.3. The molecule has 0 saturated heterocycles. The van der Waals surface area contributed by atoms with Crippen molar-refractivity contribution in [2.45, 2.75) is 63.7 Å². The number of hydrogen-bond acceptors (Lipinski definition) is 8. The Morgan fingerprint density at radius 3 is 1.97 bits per heavy atom. The predicted octanol–water partition coefficient (Wildman–Crippen LogP) is -3.24. The van der Waals surface area contributed by atoms with E-state index < -0.39 is 59.7 Å². The number of guanidine groups is 1. The fourth-order valence-corrected chi connectivity index (χ4v) is 2.97. The molecule has 0 aromatic rings. The number of nitrogens with zero attached hydrogens (tertiary/aromatic N) is 1. The highest BCUT2D eigenvalue weighted by molar-refractivity contribution is 7.80. The van der Waals surface area contributed by atoms with Gasteiger partial charge in [0.1, 0.15) is 18.1 Å². The second-order valence-electron chi connectivity index (χ2n) is 7.93. The Labute approximate surface area is 203 Å². The summed E-state index contributed by atoms with van der Waals surface area (Å²) >= 11 is 3.89. The van der Waals surface area contributed by atoms with Gasteiger partial charge in [0, 0.05) is 18.7 Å². The fraction of sp³-hybridized carbons (Fsp3) is 0.684. The molecule has 15 heteroatoms. The van der Waals surface area contributed by atoms with E-state index in [-0.39, 0.29) is 37.5 Å². The van der Waals surface area contributed by atoms with Crippen LogP contribution < -0.4 is 38.9 Å². The maximum atomic E-state index is 12.9. The van der Waals surface area contributed by atoms with E-state index >= 15 is 0 Å². The molecule has 0 aliphatic carbocycles. The highest BCUT2D eigenvalue weighted by Crippen LogP contribution is 2.07. The van der Waals surface area contributed by atoms with Crippen LogP contribution in [0, 0.1) is 5.92 Å². The molecule has 0 aliphatic heterocycles. The van der Waals surface area contributed by atoms with Crippen molar-refractivity contribution in [2.75, 3.05) is 12.3 Å². The van der Waals surface area contributed by atoms with Gasteiger partial charge in [0.2, 0.25) is 23.6 Å². The summed E-state index contributed by atoms with van der Waals surface area (Å²) in [5, 5.41) is 16.4. The zero-order chi connectivity index (χ0) is 26.4. The Morgan fingerprint density at radius 2 is 1.50 bits per heavy atom. The molecular formula is C19H36N8O6S. The van der Waals surface area contributed by atoms with Gasteiger partial charge in [-0.05, 0) is 25.2 Å². The first-order chi connectivity index (χ1) is 15.8. The quantitative estimate of drug-likeness (QED) is 0.0442. The number of thiol groups is 1. The van der Waals surface area contributed by atoms with Gasteiger partial charge in [0.15, 0.2) is 5.96 Å². The van der Waals surface area contributed by atoms with Crippen LogP contribution in [-0.4, -0.2) is 77.1 Å². The third kappa shape index (κ3) is 12.2. The molecule has 0 aromatic carbocycles. The Bertz CT molecular complexity index is 759. The van der Waals surface area contributed by atoms with Crippen molar-refractivity contribution in [1.29, 1.82) is 0 Å². The molecule has 0 radical (unpaired) electrons. The number of aliphatic imine (C=N–C) groups is 1. The molecule has 0 bridgehead atoms. The van der Waals surface area contributed by atoms with E-state index in [4.69, 9.17) is 28.0 Å². The smallest absolute Gasteiger partial charge is 0.327 e. The zero-order valence-corrected chi connectivity index (χ0v) is 20.2. The van der Waals surface area contributed by atoms with E-state index in [0.29, 0.717) is 6.42 Å². The van der Waals surface area contributed by atoms with Crippen LogP contribution in [0.2, 0.25) is 0 Å². The molecule has 0 heterocycles. The maximum Gasteiger partial charge on any atom is 0.327 e. The van der Waals surface area contributed by atoms with Crippen LogP contribution in [0.1, 0.15) is 39.5 Å². The molecule has 4 atom stereocenters. The lowest BCUT2D eigenvalue weighted by molar-refractivity contribution is -0.142. The van der Waals surface area contributed by atoms with E-state index in [9.17, 15) is 24.0 Å². The first-order valence-corrected chi connectivity index (χ1v) is 11.3. The largest absolute Gasteiger partial charge is 0.480 e. The van der Waals surface area contributed by atoms with E-state index in [1.165, 1.54) is 0 Å². The Morgan fingerprint density at radius 1 is 0.912 bits per heavy atom. The van der Waals surface area contributed by atoms with Gasteiger partial charge in [-0.3, -0.25) is 24.2 Å². The molecule has 0 fully saturated rings. The molecule has 194 valence electrons. The second kappa shape index (κ2) is 15.7. The van der Waals surface area contributed by atoms with Crippen molar-refractivity contribution in [2.24, 2.45) is 33.8 Å². The van der Waals surface area contributed by atoms with Crippen molar-refractivity contribution in [3.8, 4) is 0 Å². The minimum atomic E-state index is -1.28. The topological polar surface area (TPSA) is 258 Å². The third-order valence-corrected chi connectivity index (χ3v) is 5.03. The molecule has 0 rings (SSSR count). The fourth-order valence-electron chi connectivity index (χ4n) is 2.72. The number of carbonyl (C=O) groups is 5.